The van der Waals surface area contributed by atoms with Crippen molar-refractivity contribution in [2.45, 2.75) is 6.04 Å². The van der Waals surface area contributed by atoms with Gasteiger partial charge in [0.05, 0.1) is 6.04 Å². The lowest BCUT2D eigenvalue weighted by atomic mass is 10.1. The van der Waals surface area contributed by atoms with Crippen molar-refractivity contribution in [2.75, 3.05) is 26.4 Å². The van der Waals surface area contributed by atoms with E-state index in [0.717, 1.165) is 4.47 Å². The maximum Gasteiger partial charge on any atom is 0.251 e. The highest BCUT2D eigenvalue weighted by atomic mass is 79.9. The molecule has 1 heterocycles. The van der Waals surface area contributed by atoms with Crippen molar-refractivity contribution in [3.05, 3.63) is 50.6 Å². The Hall–Kier alpha value is -1.37. The Bertz CT molecular complexity index is 613. The van der Waals surface area contributed by atoms with Gasteiger partial charge in [-0.25, -0.2) is 0 Å². The van der Waals surface area contributed by atoms with Crippen LogP contribution in [0, 0.1) is 0 Å². The molecular formula is C15H18BrN3OS. The van der Waals surface area contributed by atoms with Gasteiger partial charge in [-0.3, -0.25) is 4.79 Å². The van der Waals surface area contributed by atoms with E-state index in [0.29, 0.717) is 17.8 Å². The van der Waals surface area contributed by atoms with Crippen molar-refractivity contribution in [3.8, 4) is 0 Å². The van der Waals surface area contributed by atoms with E-state index >= 15 is 0 Å². The molecule has 2 rings (SSSR count). The molecular weight excluding hydrogens is 350 g/mol. The molecule has 0 saturated heterocycles. The summed E-state index contributed by atoms with van der Waals surface area (Å²) in [6.45, 7) is 0.564. The van der Waals surface area contributed by atoms with Crippen LogP contribution in [-0.2, 0) is 0 Å². The van der Waals surface area contributed by atoms with Crippen LogP contribution in [0.1, 0.15) is 21.3 Å². The number of hydrogen-bond acceptors (Lipinski definition) is 4. The van der Waals surface area contributed by atoms with Gasteiger partial charge in [-0.05, 0) is 59.7 Å². The van der Waals surface area contributed by atoms with E-state index in [1.165, 1.54) is 4.88 Å². The van der Waals surface area contributed by atoms with Crippen LogP contribution in [0.2, 0.25) is 0 Å². The van der Waals surface area contributed by atoms with Crippen molar-refractivity contribution in [2.24, 2.45) is 0 Å². The molecule has 1 aromatic heterocycles. The minimum Gasteiger partial charge on any atom is -0.398 e. The van der Waals surface area contributed by atoms with Crippen LogP contribution in [0.25, 0.3) is 0 Å². The molecule has 0 aliphatic heterocycles. The number of likely N-dealkylation sites (N-methyl/N-ethyl adjacent to an activating group) is 1. The van der Waals surface area contributed by atoms with E-state index in [2.05, 4.69) is 32.2 Å². The molecule has 3 N–H and O–H groups in total. The molecule has 1 atom stereocenters. The molecule has 21 heavy (non-hydrogen) atoms. The predicted molar refractivity (Wildman–Crippen MR) is 91.6 cm³/mol. The molecule has 0 fully saturated rings. The summed E-state index contributed by atoms with van der Waals surface area (Å²) in [7, 11) is 4.02. The van der Waals surface area contributed by atoms with Gasteiger partial charge >= 0.3 is 0 Å². The zero-order valence-electron chi connectivity index (χ0n) is 12.0. The molecule has 0 bridgehead atoms. The third-order valence-corrected chi connectivity index (χ3v) is 4.87. The Morgan fingerprint density at radius 2 is 2.19 bits per heavy atom. The molecule has 4 nitrogen and oxygen atoms in total. The summed E-state index contributed by atoms with van der Waals surface area (Å²) in [4.78, 5) is 15.6. The van der Waals surface area contributed by atoms with Crippen LogP contribution in [0.3, 0.4) is 0 Å². The normalized spacial score (nSPS) is 12.4. The Labute approximate surface area is 137 Å². The van der Waals surface area contributed by atoms with Crippen LogP contribution in [0.4, 0.5) is 5.69 Å². The number of nitrogens with zero attached hydrogens (tertiary/aromatic N) is 1. The third kappa shape index (κ3) is 4.06. The molecule has 1 unspecified atom stereocenters. The first-order chi connectivity index (χ1) is 9.99. The first-order valence-corrected chi connectivity index (χ1v) is 8.19. The number of amides is 1. The molecule has 0 radical (unpaired) electrons. The summed E-state index contributed by atoms with van der Waals surface area (Å²) >= 11 is 5.03. The Balaban J connectivity index is 2.03. The highest BCUT2D eigenvalue weighted by Gasteiger charge is 2.17. The van der Waals surface area contributed by atoms with Gasteiger partial charge < -0.3 is 16.0 Å². The quantitative estimate of drug-likeness (QED) is 0.798. The molecule has 2 aromatic rings. The number of thiophene rings is 1. The lowest BCUT2D eigenvalue weighted by molar-refractivity contribution is 0.0942. The fraction of sp³-hybridized carbons (Fsp3) is 0.267. The largest absolute Gasteiger partial charge is 0.398 e. The number of halogens is 1. The monoisotopic (exact) mass is 367 g/mol. The molecule has 1 aromatic carbocycles. The third-order valence-electron chi connectivity index (χ3n) is 3.21. The van der Waals surface area contributed by atoms with E-state index in [1.807, 2.05) is 25.5 Å². The number of rotatable bonds is 5. The van der Waals surface area contributed by atoms with E-state index in [-0.39, 0.29) is 11.9 Å². The SMILES string of the molecule is CN(C)C(CNC(=O)c1ccc(N)c(Br)c1)c1cccs1. The van der Waals surface area contributed by atoms with E-state index in [4.69, 9.17) is 5.73 Å². The standard InChI is InChI=1S/C15H18BrN3OS/c1-19(2)13(14-4-3-7-21-14)9-18-15(20)10-5-6-12(17)11(16)8-10/h3-8,13H,9,17H2,1-2H3,(H,18,20). The maximum absolute atomic E-state index is 12.2. The number of hydrogen-bond donors (Lipinski definition) is 2. The van der Waals surface area contributed by atoms with Gasteiger partial charge in [-0.1, -0.05) is 6.07 Å². The number of nitrogen functional groups attached to an aromatic ring is 1. The fourth-order valence-electron chi connectivity index (χ4n) is 1.98. The molecule has 1 amide bonds. The Morgan fingerprint density at radius 1 is 1.43 bits per heavy atom. The summed E-state index contributed by atoms with van der Waals surface area (Å²) in [6, 6.07) is 9.47. The van der Waals surface area contributed by atoms with Crippen LogP contribution in [-0.4, -0.2) is 31.4 Å². The lowest BCUT2D eigenvalue weighted by Gasteiger charge is -2.23. The number of anilines is 1. The molecule has 0 spiro atoms. The average Bonchev–Trinajstić information content (AvgIpc) is 2.95. The zero-order chi connectivity index (χ0) is 15.4. The van der Waals surface area contributed by atoms with Gasteiger partial charge in [0.1, 0.15) is 0 Å². The van der Waals surface area contributed by atoms with E-state index in [1.54, 1.807) is 29.5 Å². The summed E-state index contributed by atoms with van der Waals surface area (Å²) < 4.78 is 0.734. The second kappa shape index (κ2) is 7.06. The summed E-state index contributed by atoms with van der Waals surface area (Å²) in [5.74, 6) is -0.0980. The molecule has 0 aliphatic rings. The molecule has 6 heteroatoms. The first-order valence-electron chi connectivity index (χ1n) is 6.52. The van der Waals surface area contributed by atoms with Crippen molar-refractivity contribution in [1.82, 2.24) is 10.2 Å². The molecule has 0 aliphatic carbocycles. The maximum atomic E-state index is 12.2. The van der Waals surface area contributed by atoms with Crippen LogP contribution in [0.15, 0.2) is 40.2 Å². The number of carbonyl (C=O) groups excluding carboxylic acids is 1. The minimum absolute atomic E-state index is 0.0980. The van der Waals surface area contributed by atoms with Gasteiger partial charge in [0.2, 0.25) is 0 Å². The highest BCUT2D eigenvalue weighted by Crippen LogP contribution is 2.23. The summed E-state index contributed by atoms with van der Waals surface area (Å²) in [5, 5.41) is 5.03. The Morgan fingerprint density at radius 3 is 2.76 bits per heavy atom. The fourth-order valence-corrected chi connectivity index (χ4v) is 3.28. The Kier molecular flexibility index (Phi) is 5.39. The summed E-state index contributed by atoms with van der Waals surface area (Å²) in [6.07, 6.45) is 0. The van der Waals surface area contributed by atoms with Gasteiger partial charge in [-0.2, -0.15) is 0 Å². The topological polar surface area (TPSA) is 58.4 Å². The van der Waals surface area contributed by atoms with Gasteiger partial charge in [-0.15, -0.1) is 11.3 Å². The van der Waals surface area contributed by atoms with Crippen molar-refractivity contribution < 1.29 is 4.79 Å². The van der Waals surface area contributed by atoms with Crippen LogP contribution < -0.4 is 11.1 Å². The second-order valence-electron chi connectivity index (χ2n) is 4.94. The summed E-state index contributed by atoms with van der Waals surface area (Å²) in [5.41, 5.74) is 6.95. The van der Waals surface area contributed by atoms with Crippen molar-refractivity contribution in [3.63, 3.8) is 0 Å². The predicted octanol–water partition coefficient (Wildman–Crippen LogP) is 3.13. The van der Waals surface area contributed by atoms with E-state index < -0.39 is 0 Å². The second-order valence-corrected chi connectivity index (χ2v) is 6.77. The number of benzene rings is 1. The van der Waals surface area contributed by atoms with Crippen molar-refractivity contribution in [1.29, 1.82) is 0 Å². The van der Waals surface area contributed by atoms with Gasteiger partial charge in [0.15, 0.2) is 0 Å². The minimum atomic E-state index is -0.0980. The molecule has 0 saturated carbocycles. The first kappa shape index (κ1) is 16.0. The number of carbonyl (C=O) groups is 1. The molecule has 112 valence electrons. The number of nitrogens with one attached hydrogen (secondary N) is 1. The average molecular weight is 368 g/mol. The van der Waals surface area contributed by atoms with Gasteiger partial charge in [0.25, 0.3) is 5.91 Å². The number of nitrogens with two attached hydrogens (primary N) is 1. The van der Waals surface area contributed by atoms with Crippen LogP contribution in [0.5, 0.6) is 0 Å². The van der Waals surface area contributed by atoms with Crippen LogP contribution >= 0.6 is 27.3 Å². The van der Waals surface area contributed by atoms with Gasteiger partial charge in [0, 0.05) is 27.1 Å². The smallest absolute Gasteiger partial charge is 0.251 e. The zero-order valence-corrected chi connectivity index (χ0v) is 14.4. The van der Waals surface area contributed by atoms with E-state index in [9.17, 15) is 4.79 Å². The van der Waals surface area contributed by atoms with Crippen molar-refractivity contribution >= 4 is 38.9 Å². The lowest BCUT2D eigenvalue weighted by Crippen LogP contribution is -2.34. The highest BCUT2D eigenvalue weighted by molar-refractivity contribution is 9.10.